The fourth-order valence-electron chi connectivity index (χ4n) is 9.14. The molecule has 9 aromatic rings. The second-order valence-electron chi connectivity index (χ2n) is 20.0. The number of fused-ring (bicyclic) bond motifs is 4. The van der Waals surface area contributed by atoms with Gasteiger partial charge in [-0.15, -0.1) is 0 Å². The molecule has 2 aromatic heterocycles. The first-order chi connectivity index (χ1) is 46.2. The van der Waals surface area contributed by atoms with Crippen molar-refractivity contribution >= 4 is 190 Å². The molecule has 52 heteroatoms. The van der Waals surface area contributed by atoms with E-state index in [2.05, 4.69) is 70.5 Å². The number of hydrogen-bond donors (Lipinski definition) is 16. The molecule has 40 nitrogen and oxygen atoms in total. The Labute approximate surface area is 575 Å². The lowest BCUT2D eigenvalue weighted by Crippen LogP contribution is -2.27. The molecular formula is C48H32Cl4N14O26P2S6. The first-order valence-electron chi connectivity index (χ1n) is 25.9. The Bertz CT molecular complexity index is 6460. The highest BCUT2D eigenvalue weighted by Gasteiger charge is 2.36. The number of ether oxygens (including phenoxy) is 2. The molecule has 0 unspecified atom stereocenters. The van der Waals surface area contributed by atoms with Crippen LogP contribution in [0.25, 0.3) is 0 Å². The van der Waals surface area contributed by atoms with Crippen LogP contribution in [0.2, 0.25) is 20.6 Å². The quantitative estimate of drug-likeness (QED) is 0.0480. The second-order valence-corrected chi connectivity index (χ2v) is 33.0. The Hall–Kier alpha value is -8.52. The average Bonchev–Trinajstić information content (AvgIpc) is 0.728. The van der Waals surface area contributed by atoms with Crippen LogP contribution in [0, 0.1) is 0 Å². The summed E-state index contributed by atoms with van der Waals surface area (Å²) in [6, 6.07) is 13.5. The van der Waals surface area contributed by atoms with E-state index >= 15 is 0 Å². The Kier molecular flexibility index (Phi) is 18.8. The summed E-state index contributed by atoms with van der Waals surface area (Å²) in [5.74, 6) is -2.86. The molecule has 2 aliphatic rings. The van der Waals surface area contributed by atoms with Crippen LogP contribution < -0.4 is 63.9 Å². The highest BCUT2D eigenvalue weighted by molar-refractivity contribution is 7.87. The van der Waals surface area contributed by atoms with Gasteiger partial charge in [0.05, 0.1) is 56.1 Å². The summed E-state index contributed by atoms with van der Waals surface area (Å²) in [5, 5.41) is 0.0576. The van der Waals surface area contributed by atoms with E-state index in [1.807, 2.05) is 0 Å². The number of benzene rings is 7. The Balaban J connectivity index is 0.993. The van der Waals surface area contributed by atoms with Gasteiger partial charge in [-0.3, -0.25) is 46.4 Å². The molecule has 0 fully saturated rings. The molecule has 4 heterocycles. The average molecular weight is 1620 g/mol. The van der Waals surface area contributed by atoms with Gasteiger partial charge in [0, 0.05) is 6.07 Å². The summed E-state index contributed by atoms with van der Waals surface area (Å²) in [6.07, 6.45) is 0. The van der Waals surface area contributed by atoms with Crippen LogP contribution in [0.4, 0.5) is 56.9 Å². The van der Waals surface area contributed by atoms with Gasteiger partial charge >= 0.3 is 15.2 Å². The summed E-state index contributed by atoms with van der Waals surface area (Å²) in [5.41, 5.74) is -9.49. The normalized spacial score (nSPS) is 14.2. The van der Waals surface area contributed by atoms with Crippen LogP contribution in [0.1, 0.15) is 0 Å². The van der Waals surface area contributed by atoms with Gasteiger partial charge in [-0.2, -0.15) is 60.5 Å². The lowest BCUT2D eigenvalue weighted by molar-refractivity contribution is 0.385. The third-order valence-corrected chi connectivity index (χ3v) is 21.5. The predicted molar refractivity (Wildman–Crippen MR) is 342 cm³/mol. The van der Waals surface area contributed by atoms with E-state index in [1.54, 1.807) is 0 Å². The molecule has 100 heavy (non-hydrogen) atoms. The van der Waals surface area contributed by atoms with Crippen molar-refractivity contribution in [2.75, 3.05) is 10.6 Å². The number of rotatable bonds is 16. The minimum atomic E-state index is -5.72. The molecular weight excluding hydrogens is 1580 g/mol. The van der Waals surface area contributed by atoms with Gasteiger partial charge in [0.25, 0.3) is 60.7 Å². The van der Waals surface area contributed by atoms with E-state index in [0.29, 0.717) is 36.4 Å². The zero-order chi connectivity index (χ0) is 73.1. The van der Waals surface area contributed by atoms with E-state index < -0.39 is 238 Å². The number of anilines is 4. The predicted octanol–water partition coefficient (Wildman–Crippen LogP) is 4.02. The molecule has 7 aromatic carbocycles. The Morgan fingerprint density at radius 3 is 1.24 bits per heavy atom. The van der Waals surface area contributed by atoms with E-state index in [9.17, 15) is 107 Å². The third-order valence-electron chi connectivity index (χ3n) is 13.2. The number of halogens is 4. The van der Waals surface area contributed by atoms with Gasteiger partial charge in [0.15, 0.2) is 27.9 Å². The van der Waals surface area contributed by atoms with Crippen LogP contribution in [0.5, 0.6) is 23.0 Å². The maximum absolute atomic E-state index is 13.5. The van der Waals surface area contributed by atoms with Gasteiger partial charge in [-0.25, -0.2) is 30.0 Å². The van der Waals surface area contributed by atoms with Crippen molar-refractivity contribution in [2.24, 2.45) is 30.0 Å². The minimum Gasteiger partial charge on any atom is -0.451 e. The summed E-state index contributed by atoms with van der Waals surface area (Å²) < 4.78 is 256. The number of hydrogen-bond acceptors (Lipinski definition) is 26. The first-order valence-corrected chi connectivity index (χ1v) is 39.2. The number of aromatic amines is 4. The van der Waals surface area contributed by atoms with E-state index in [-0.39, 0.29) is 11.4 Å². The maximum atomic E-state index is 13.5. The van der Waals surface area contributed by atoms with Crippen molar-refractivity contribution in [2.45, 2.75) is 29.4 Å². The lowest BCUT2D eigenvalue weighted by atomic mass is 10.1. The van der Waals surface area contributed by atoms with Crippen LogP contribution in [-0.4, -0.2) is 127 Å². The highest BCUT2D eigenvalue weighted by atomic mass is 35.5. The van der Waals surface area contributed by atoms with E-state index in [4.69, 9.17) is 55.9 Å². The minimum absolute atomic E-state index is 0.120. The summed E-state index contributed by atoms with van der Waals surface area (Å²) in [7, 11) is -43.2. The molecule has 0 spiro atoms. The zero-order valence-electron chi connectivity index (χ0n) is 47.7. The monoisotopic (exact) mass is 1610 g/mol. The fraction of sp³-hybridized carbons (Fsp3) is 0. The summed E-state index contributed by atoms with van der Waals surface area (Å²) >= 11 is 25.9. The van der Waals surface area contributed by atoms with E-state index in [1.165, 1.54) is 24.3 Å². The molecule has 524 valence electrons. The van der Waals surface area contributed by atoms with Crippen molar-refractivity contribution in [1.29, 1.82) is 0 Å². The van der Waals surface area contributed by atoms with Gasteiger partial charge in [-0.1, -0.05) is 35.3 Å². The molecule has 0 atom stereocenters. The molecule has 0 radical (unpaired) electrons. The summed E-state index contributed by atoms with van der Waals surface area (Å²) in [4.78, 5) is 72.5. The molecule has 0 saturated heterocycles. The molecule has 2 aliphatic heterocycles. The van der Waals surface area contributed by atoms with Crippen molar-refractivity contribution in [3.8, 4) is 23.0 Å². The van der Waals surface area contributed by atoms with Crippen molar-refractivity contribution in [3.63, 3.8) is 0 Å². The third kappa shape index (κ3) is 15.5. The highest BCUT2D eigenvalue weighted by Crippen LogP contribution is 2.50. The first kappa shape index (κ1) is 72.7. The molecule has 16 N–H and O–H groups in total. The number of H-pyrrole nitrogens is 4. The van der Waals surface area contributed by atoms with Crippen LogP contribution in [0.3, 0.4) is 0 Å². The van der Waals surface area contributed by atoms with Crippen LogP contribution in [0.15, 0.2) is 156 Å². The molecule has 0 aliphatic carbocycles. The number of aromatic nitrogens is 6. The largest absolute Gasteiger partial charge is 0.451 e. The molecule has 11 rings (SSSR count). The Morgan fingerprint density at radius 1 is 0.420 bits per heavy atom. The standard InChI is InChI=1S/C48H32Cl4N14O26P2S6/c49-35-38-41(92-39-21(57-38)7-8-22(42(39)100(88,89)90)55-25-12-32(97(79,80)81)27(14-30(25)95(73,74)75)59-47-63-43(51)61-45(65-47)53-17-3-1-5-19(9-17)93(67,68)69)36(50)37-40(35)91-29-16-34(99(85,86)87)24(11-23(29)58-37)56-26-13-33(98(82,83)84)28(15-31(26)96(76,77)78)60-48-64-44(52)62-46(66-48)54-18-4-2-6-20(10-18)94(70,71)72/h1-16,55-56H,(H2,67,68,69)(H2,70,71,72)(H,73,74,75)(H,76,77,78)(H,79,80,81)(H,82,83,84)(H,85,86,87)(H,88,89,90)(H2,53,59,61,63,65)(H2,54,60,62,64,66). The van der Waals surface area contributed by atoms with E-state index in [0.717, 1.165) is 36.4 Å². The second kappa shape index (κ2) is 25.8. The van der Waals surface area contributed by atoms with Crippen molar-refractivity contribution in [1.82, 2.24) is 29.9 Å². The number of nitrogens with one attached hydrogen (secondary N) is 6. The van der Waals surface area contributed by atoms with Crippen LogP contribution >= 0.6 is 61.6 Å². The Morgan fingerprint density at radius 2 is 0.820 bits per heavy atom. The zero-order valence-corrected chi connectivity index (χ0v) is 57.4. The number of nitrogens with zero attached hydrogens (tertiary/aromatic N) is 8. The van der Waals surface area contributed by atoms with Crippen molar-refractivity contribution in [3.05, 3.63) is 151 Å². The SMILES string of the molecule is O=P(O)(O)c1cccc(N=c2nc(Cl)[nH]c(=Nc3cc(S(=O)(=O)O)c(Nc4cc5c(cc4S(=O)(=O)O)Oc4c(Cl)c6c(c(Cl)c4=N5)Oc4c(ccc(Nc5cc(S(=O)(=O)O)c(N=c7[nH]c(Cl)nc(=Nc8cccc(P(=O)(O)O)c8)[nH]7)cc5S(=O)(=O)O)c4S(=O)(=O)O)N=6)cc3S(=O)(=O)O)[nH]2)c1. The molecule has 0 amide bonds. The van der Waals surface area contributed by atoms with Crippen LogP contribution in [-0.2, 0) is 69.8 Å². The van der Waals surface area contributed by atoms with Gasteiger partial charge in [0.1, 0.15) is 56.6 Å². The fourth-order valence-corrected chi connectivity index (χ4v) is 15.1. The smallest absolute Gasteiger partial charge is 0.356 e. The molecule has 0 saturated carbocycles. The molecule has 0 bridgehead atoms. The summed E-state index contributed by atoms with van der Waals surface area (Å²) in [6.45, 7) is 0. The van der Waals surface area contributed by atoms with Crippen molar-refractivity contribution < 1.29 is 116 Å². The maximum Gasteiger partial charge on any atom is 0.356 e. The van der Waals surface area contributed by atoms with Gasteiger partial charge in [0.2, 0.25) is 33.0 Å². The lowest BCUT2D eigenvalue weighted by Gasteiger charge is -2.23. The topological polar surface area (TPSA) is 647 Å². The van der Waals surface area contributed by atoms with Gasteiger partial charge in [-0.05, 0) is 102 Å². The van der Waals surface area contributed by atoms with Gasteiger partial charge < -0.3 is 49.6 Å².